The van der Waals surface area contributed by atoms with Crippen molar-refractivity contribution in [3.8, 4) is 0 Å². The monoisotopic (exact) mass is 224 g/mol. The van der Waals surface area contributed by atoms with E-state index in [0.717, 1.165) is 11.5 Å². The number of benzene rings is 1. The fourth-order valence-electron chi connectivity index (χ4n) is 1.13. The van der Waals surface area contributed by atoms with Crippen LogP contribution in [0.1, 0.15) is 17.5 Å². The largest absolute Gasteiger partial charge is 0.469 e. The second kappa shape index (κ2) is 6.51. The Kier molecular flexibility index (Phi) is 5.26. The van der Waals surface area contributed by atoms with Crippen molar-refractivity contribution in [2.24, 2.45) is 0 Å². The quantitative estimate of drug-likeness (QED) is 0.568. The third-order valence-corrected chi connectivity index (χ3v) is 3.10. The summed E-state index contributed by atoms with van der Waals surface area (Å²) in [6.45, 7) is 2.08. The first-order valence-corrected chi connectivity index (χ1v) is 6.08. The summed E-state index contributed by atoms with van der Waals surface area (Å²) in [6.07, 6.45) is 0.493. The highest BCUT2D eigenvalue weighted by Gasteiger charge is 1.99. The molecule has 2 nitrogen and oxygen atoms in total. The molecular formula is C12H16O2S. The SMILES string of the molecule is COC(=O)CCSCc1ccc(C)cc1. The number of hydrogen-bond donors (Lipinski definition) is 0. The number of ether oxygens (including phenoxy) is 1. The molecule has 1 aromatic carbocycles. The lowest BCUT2D eigenvalue weighted by atomic mass is 10.2. The van der Waals surface area contributed by atoms with Gasteiger partial charge in [-0.2, -0.15) is 11.8 Å². The third kappa shape index (κ3) is 4.88. The van der Waals surface area contributed by atoms with E-state index >= 15 is 0 Å². The first kappa shape index (κ1) is 12.1. The number of hydrogen-bond acceptors (Lipinski definition) is 3. The van der Waals surface area contributed by atoms with Crippen LogP contribution in [0.5, 0.6) is 0 Å². The van der Waals surface area contributed by atoms with E-state index in [1.54, 1.807) is 11.8 Å². The molecule has 0 bridgehead atoms. The number of esters is 1. The summed E-state index contributed by atoms with van der Waals surface area (Å²) >= 11 is 1.76. The minimum atomic E-state index is -0.133. The van der Waals surface area contributed by atoms with Crippen LogP contribution in [0, 0.1) is 6.92 Å². The number of carbonyl (C=O) groups is 1. The smallest absolute Gasteiger partial charge is 0.306 e. The molecule has 0 saturated carbocycles. The molecule has 0 aliphatic rings. The second-order valence-electron chi connectivity index (χ2n) is 3.36. The van der Waals surface area contributed by atoms with Crippen molar-refractivity contribution in [3.05, 3.63) is 35.4 Å². The van der Waals surface area contributed by atoms with E-state index in [9.17, 15) is 4.79 Å². The standard InChI is InChI=1S/C12H16O2S/c1-10-3-5-11(6-4-10)9-15-8-7-12(13)14-2/h3-6H,7-9H2,1-2H3. The Labute approximate surface area is 95.0 Å². The van der Waals surface area contributed by atoms with Crippen molar-refractivity contribution in [1.82, 2.24) is 0 Å². The lowest BCUT2D eigenvalue weighted by Crippen LogP contribution is -2.01. The molecule has 15 heavy (non-hydrogen) atoms. The van der Waals surface area contributed by atoms with Gasteiger partial charge in [-0.1, -0.05) is 29.8 Å². The fraction of sp³-hybridized carbons (Fsp3) is 0.417. The summed E-state index contributed by atoms with van der Waals surface area (Å²) in [5.41, 5.74) is 2.58. The molecule has 0 aromatic heterocycles. The van der Waals surface area contributed by atoms with Gasteiger partial charge in [-0.3, -0.25) is 4.79 Å². The predicted octanol–water partition coefficient (Wildman–Crippen LogP) is 2.79. The van der Waals surface area contributed by atoms with Crippen molar-refractivity contribution in [1.29, 1.82) is 0 Å². The van der Waals surface area contributed by atoms with Crippen LogP contribution in [0.4, 0.5) is 0 Å². The van der Waals surface area contributed by atoms with E-state index in [2.05, 4.69) is 35.9 Å². The van der Waals surface area contributed by atoms with Crippen LogP contribution in [0.3, 0.4) is 0 Å². The lowest BCUT2D eigenvalue weighted by Gasteiger charge is -2.02. The molecule has 1 aromatic rings. The zero-order valence-corrected chi connectivity index (χ0v) is 9.97. The third-order valence-electron chi connectivity index (χ3n) is 2.07. The van der Waals surface area contributed by atoms with E-state index in [-0.39, 0.29) is 5.97 Å². The molecular weight excluding hydrogens is 208 g/mol. The van der Waals surface area contributed by atoms with E-state index in [1.165, 1.54) is 18.2 Å². The molecule has 0 amide bonds. The summed E-state index contributed by atoms with van der Waals surface area (Å²) in [4.78, 5) is 10.8. The highest BCUT2D eigenvalue weighted by atomic mass is 32.2. The molecule has 0 atom stereocenters. The summed E-state index contributed by atoms with van der Waals surface area (Å²) in [7, 11) is 1.42. The number of aryl methyl sites for hydroxylation is 1. The zero-order chi connectivity index (χ0) is 11.1. The number of rotatable bonds is 5. The highest BCUT2D eigenvalue weighted by Crippen LogP contribution is 2.13. The normalized spacial score (nSPS) is 10.0. The van der Waals surface area contributed by atoms with Crippen LogP contribution in [0.2, 0.25) is 0 Å². The Bertz CT molecular complexity index is 306. The number of thioether (sulfide) groups is 1. The average Bonchev–Trinajstić information content (AvgIpc) is 2.26. The van der Waals surface area contributed by atoms with Crippen LogP contribution in [-0.4, -0.2) is 18.8 Å². The molecule has 0 saturated heterocycles. The molecule has 0 unspecified atom stereocenters. The summed E-state index contributed by atoms with van der Waals surface area (Å²) in [5.74, 6) is 1.64. The molecule has 0 N–H and O–H groups in total. The van der Waals surface area contributed by atoms with E-state index in [1.807, 2.05) is 0 Å². The maximum absolute atomic E-state index is 10.8. The fourth-order valence-corrected chi connectivity index (χ4v) is 2.02. The van der Waals surface area contributed by atoms with E-state index in [4.69, 9.17) is 0 Å². The van der Waals surface area contributed by atoms with Gasteiger partial charge in [-0.05, 0) is 12.5 Å². The summed E-state index contributed by atoms with van der Waals surface area (Å²) < 4.78 is 4.57. The Morgan fingerprint density at radius 1 is 1.33 bits per heavy atom. The molecule has 0 spiro atoms. The molecule has 0 radical (unpaired) electrons. The highest BCUT2D eigenvalue weighted by molar-refractivity contribution is 7.98. The van der Waals surface area contributed by atoms with E-state index in [0.29, 0.717) is 6.42 Å². The minimum Gasteiger partial charge on any atom is -0.469 e. The van der Waals surface area contributed by atoms with Gasteiger partial charge in [0, 0.05) is 11.5 Å². The van der Waals surface area contributed by atoms with Crippen LogP contribution in [0.25, 0.3) is 0 Å². The van der Waals surface area contributed by atoms with Crippen molar-refractivity contribution < 1.29 is 9.53 Å². The van der Waals surface area contributed by atoms with Gasteiger partial charge in [0.25, 0.3) is 0 Å². The van der Waals surface area contributed by atoms with Gasteiger partial charge in [0.1, 0.15) is 0 Å². The van der Waals surface area contributed by atoms with Crippen molar-refractivity contribution in [3.63, 3.8) is 0 Å². The first-order valence-electron chi connectivity index (χ1n) is 4.92. The van der Waals surface area contributed by atoms with Gasteiger partial charge in [0.2, 0.25) is 0 Å². The Hall–Kier alpha value is -0.960. The molecule has 0 fully saturated rings. The Morgan fingerprint density at radius 3 is 2.60 bits per heavy atom. The van der Waals surface area contributed by atoms with Gasteiger partial charge < -0.3 is 4.74 Å². The maximum Gasteiger partial charge on any atom is 0.306 e. The Morgan fingerprint density at radius 2 is 2.00 bits per heavy atom. The molecule has 0 heterocycles. The van der Waals surface area contributed by atoms with Crippen molar-refractivity contribution >= 4 is 17.7 Å². The topological polar surface area (TPSA) is 26.3 Å². The lowest BCUT2D eigenvalue weighted by molar-refractivity contribution is -0.140. The van der Waals surface area contributed by atoms with Crippen LogP contribution < -0.4 is 0 Å². The van der Waals surface area contributed by atoms with Gasteiger partial charge in [0.05, 0.1) is 13.5 Å². The van der Waals surface area contributed by atoms with Crippen LogP contribution >= 0.6 is 11.8 Å². The van der Waals surface area contributed by atoms with Crippen LogP contribution in [0.15, 0.2) is 24.3 Å². The molecule has 82 valence electrons. The van der Waals surface area contributed by atoms with Gasteiger partial charge >= 0.3 is 5.97 Å². The molecule has 3 heteroatoms. The molecule has 0 aliphatic heterocycles. The molecule has 1 rings (SSSR count). The predicted molar refractivity (Wildman–Crippen MR) is 64.0 cm³/mol. The zero-order valence-electron chi connectivity index (χ0n) is 9.16. The first-order chi connectivity index (χ1) is 7.22. The van der Waals surface area contributed by atoms with Gasteiger partial charge in [0.15, 0.2) is 0 Å². The van der Waals surface area contributed by atoms with E-state index < -0.39 is 0 Å². The number of methoxy groups -OCH3 is 1. The van der Waals surface area contributed by atoms with Crippen LogP contribution in [-0.2, 0) is 15.3 Å². The molecule has 0 aliphatic carbocycles. The summed E-state index contributed by atoms with van der Waals surface area (Å²) in [6, 6.07) is 8.47. The van der Waals surface area contributed by atoms with Gasteiger partial charge in [-0.25, -0.2) is 0 Å². The number of carbonyl (C=O) groups excluding carboxylic acids is 1. The van der Waals surface area contributed by atoms with Crippen molar-refractivity contribution in [2.75, 3.05) is 12.9 Å². The second-order valence-corrected chi connectivity index (χ2v) is 4.47. The minimum absolute atomic E-state index is 0.133. The summed E-state index contributed by atoms with van der Waals surface area (Å²) in [5, 5.41) is 0. The Balaban J connectivity index is 2.20. The average molecular weight is 224 g/mol. The van der Waals surface area contributed by atoms with Crippen molar-refractivity contribution in [2.45, 2.75) is 19.1 Å². The maximum atomic E-state index is 10.8. The van der Waals surface area contributed by atoms with Gasteiger partial charge in [-0.15, -0.1) is 0 Å².